The molecule has 6 nitrogen and oxygen atoms in total. The lowest BCUT2D eigenvalue weighted by atomic mass is 10.1. The fourth-order valence-electron chi connectivity index (χ4n) is 2.17. The predicted octanol–water partition coefficient (Wildman–Crippen LogP) is 2.57. The number of anilines is 1. The van der Waals surface area contributed by atoms with Gasteiger partial charge >= 0.3 is 0 Å². The van der Waals surface area contributed by atoms with Gasteiger partial charge in [-0.1, -0.05) is 12.1 Å². The highest BCUT2D eigenvalue weighted by Gasteiger charge is 2.09. The Morgan fingerprint density at radius 3 is 2.46 bits per heavy atom. The van der Waals surface area contributed by atoms with Crippen LogP contribution in [0.3, 0.4) is 0 Å². The van der Waals surface area contributed by atoms with Crippen LogP contribution < -0.4 is 5.32 Å². The van der Waals surface area contributed by atoms with Gasteiger partial charge in [0.1, 0.15) is 11.0 Å². The summed E-state index contributed by atoms with van der Waals surface area (Å²) >= 11 is 1.12. The molecule has 2 aromatic carbocycles. The second-order valence-electron chi connectivity index (χ2n) is 5.58. The number of fused-ring (bicyclic) bond motifs is 1. The molecule has 0 aliphatic rings. The Labute approximate surface area is 143 Å². The number of aromatic nitrogens is 2. The zero-order chi connectivity index (χ0) is 17.1. The highest BCUT2D eigenvalue weighted by Crippen LogP contribution is 2.16. The topological polar surface area (TPSA) is 75.2 Å². The van der Waals surface area contributed by atoms with E-state index in [4.69, 9.17) is 0 Å². The van der Waals surface area contributed by atoms with Gasteiger partial charge in [0.15, 0.2) is 0 Å². The third-order valence-electron chi connectivity index (χ3n) is 3.58. The molecule has 3 rings (SSSR count). The van der Waals surface area contributed by atoms with E-state index in [1.807, 2.05) is 12.1 Å². The van der Waals surface area contributed by atoms with E-state index in [0.717, 1.165) is 22.8 Å². The molecule has 1 aromatic heterocycles. The van der Waals surface area contributed by atoms with E-state index in [2.05, 4.69) is 14.1 Å². The number of amides is 2. The second kappa shape index (κ2) is 6.76. The maximum atomic E-state index is 12.3. The van der Waals surface area contributed by atoms with Crippen molar-refractivity contribution in [3.05, 3.63) is 53.6 Å². The molecule has 0 radical (unpaired) electrons. The zero-order valence-corrected chi connectivity index (χ0v) is 14.1. The molecule has 122 valence electrons. The van der Waals surface area contributed by atoms with E-state index >= 15 is 0 Å². The summed E-state index contributed by atoms with van der Waals surface area (Å²) in [6, 6.07) is 12.5. The summed E-state index contributed by atoms with van der Waals surface area (Å²) in [5.41, 5.74) is 3.61. The number of carbonyl (C=O) groups is 2. The molecule has 0 unspecified atom stereocenters. The first-order valence-corrected chi connectivity index (χ1v) is 8.09. The zero-order valence-electron chi connectivity index (χ0n) is 13.3. The third kappa shape index (κ3) is 3.57. The van der Waals surface area contributed by atoms with Crippen molar-refractivity contribution in [2.45, 2.75) is 6.42 Å². The van der Waals surface area contributed by atoms with Crippen molar-refractivity contribution in [1.82, 2.24) is 13.6 Å². The lowest BCUT2D eigenvalue weighted by Gasteiger charge is -2.10. The smallest absolute Gasteiger partial charge is 0.255 e. The van der Waals surface area contributed by atoms with E-state index in [0.29, 0.717) is 23.2 Å². The van der Waals surface area contributed by atoms with Crippen molar-refractivity contribution >= 4 is 40.3 Å². The van der Waals surface area contributed by atoms with Crippen LogP contribution in [0.5, 0.6) is 0 Å². The van der Waals surface area contributed by atoms with Gasteiger partial charge in [-0.2, -0.15) is 8.75 Å². The number of hydrogen-bond acceptors (Lipinski definition) is 5. The molecular weight excluding hydrogens is 324 g/mol. The molecule has 0 bridgehead atoms. The van der Waals surface area contributed by atoms with Crippen LogP contribution in [-0.2, 0) is 11.2 Å². The number of carbonyl (C=O) groups excluding carboxylic acids is 2. The standard InChI is InChI=1S/C17H16N4O2S/c1-21(2)16(22)9-11-3-6-13(7-4-11)18-17(23)12-5-8-14-15(10-12)20-24-19-14/h3-8,10H,9H2,1-2H3,(H,18,23). The minimum atomic E-state index is -0.206. The summed E-state index contributed by atoms with van der Waals surface area (Å²) in [4.78, 5) is 25.6. The normalized spacial score (nSPS) is 10.6. The van der Waals surface area contributed by atoms with Gasteiger partial charge in [-0.15, -0.1) is 0 Å². The lowest BCUT2D eigenvalue weighted by molar-refractivity contribution is -0.127. The fourth-order valence-corrected chi connectivity index (χ4v) is 2.68. The first kappa shape index (κ1) is 16.1. The van der Waals surface area contributed by atoms with Crippen LogP contribution in [0, 0.1) is 0 Å². The van der Waals surface area contributed by atoms with Gasteiger partial charge in [0.05, 0.1) is 18.1 Å². The molecule has 24 heavy (non-hydrogen) atoms. The number of rotatable bonds is 4. The van der Waals surface area contributed by atoms with Gasteiger partial charge in [-0.05, 0) is 35.9 Å². The molecule has 7 heteroatoms. The summed E-state index contributed by atoms with van der Waals surface area (Å²) in [6.45, 7) is 0. The first-order chi connectivity index (χ1) is 11.5. The van der Waals surface area contributed by atoms with Gasteiger partial charge < -0.3 is 10.2 Å². The lowest BCUT2D eigenvalue weighted by Crippen LogP contribution is -2.23. The van der Waals surface area contributed by atoms with Gasteiger partial charge in [-0.25, -0.2) is 0 Å². The SMILES string of the molecule is CN(C)C(=O)Cc1ccc(NC(=O)c2ccc3nsnc3c2)cc1. The summed E-state index contributed by atoms with van der Waals surface area (Å²) in [5, 5.41) is 2.84. The Bertz CT molecular complexity index is 887. The first-order valence-electron chi connectivity index (χ1n) is 7.36. The average molecular weight is 340 g/mol. The van der Waals surface area contributed by atoms with E-state index in [9.17, 15) is 9.59 Å². The molecule has 2 amide bonds. The minimum Gasteiger partial charge on any atom is -0.349 e. The second-order valence-corrected chi connectivity index (χ2v) is 6.11. The van der Waals surface area contributed by atoms with Gasteiger partial charge in [-0.3, -0.25) is 9.59 Å². The molecule has 1 heterocycles. The van der Waals surface area contributed by atoms with Crippen LogP contribution >= 0.6 is 11.7 Å². The summed E-state index contributed by atoms with van der Waals surface area (Å²) in [5.74, 6) is -0.168. The molecule has 0 saturated carbocycles. The van der Waals surface area contributed by atoms with Crippen molar-refractivity contribution in [3.63, 3.8) is 0 Å². The van der Waals surface area contributed by atoms with Crippen molar-refractivity contribution < 1.29 is 9.59 Å². The van der Waals surface area contributed by atoms with Gasteiger partial charge in [0, 0.05) is 25.3 Å². The van der Waals surface area contributed by atoms with Gasteiger partial charge in [0.2, 0.25) is 5.91 Å². The Morgan fingerprint density at radius 1 is 1.04 bits per heavy atom. The highest BCUT2D eigenvalue weighted by atomic mass is 32.1. The van der Waals surface area contributed by atoms with Crippen LogP contribution in [0.1, 0.15) is 15.9 Å². The average Bonchev–Trinajstić information content (AvgIpc) is 3.04. The number of hydrogen-bond donors (Lipinski definition) is 1. The van der Waals surface area contributed by atoms with E-state index in [-0.39, 0.29) is 11.8 Å². The fraction of sp³-hybridized carbons (Fsp3) is 0.176. The van der Waals surface area contributed by atoms with Crippen LogP contribution in [0.15, 0.2) is 42.5 Å². The molecule has 3 aromatic rings. The molecule has 0 saturated heterocycles. The van der Waals surface area contributed by atoms with E-state index in [1.165, 1.54) is 0 Å². The Balaban J connectivity index is 1.68. The van der Waals surface area contributed by atoms with Crippen LogP contribution in [0.4, 0.5) is 5.69 Å². The number of nitrogens with zero attached hydrogens (tertiary/aromatic N) is 3. The minimum absolute atomic E-state index is 0.0389. The highest BCUT2D eigenvalue weighted by molar-refractivity contribution is 7.00. The largest absolute Gasteiger partial charge is 0.349 e. The Hall–Kier alpha value is -2.80. The number of nitrogens with one attached hydrogen (secondary N) is 1. The maximum absolute atomic E-state index is 12.3. The number of likely N-dealkylation sites (N-methyl/N-ethyl adjacent to an activating group) is 1. The molecular formula is C17H16N4O2S. The van der Waals surface area contributed by atoms with Crippen molar-refractivity contribution in [2.24, 2.45) is 0 Å². The maximum Gasteiger partial charge on any atom is 0.255 e. The molecule has 1 N–H and O–H groups in total. The summed E-state index contributed by atoms with van der Waals surface area (Å²) in [7, 11) is 3.46. The summed E-state index contributed by atoms with van der Waals surface area (Å²) < 4.78 is 8.25. The predicted molar refractivity (Wildman–Crippen MR) is 94.2 cm³/mol. The van der Waals surface area contributed by atoms with Crippen molar-refractivity contribution in [1.29, 1.82) is 0 Å². The Morgan fingerprint density at radius 2 is 1.75 bits per heavy atom. The van der Waals surface area contributed by atoms with E-state index in [1.54, 1.807) is 49.3 Å². The third-order valence-corrected chi connectivity index (χ3v) is 4.14. The monoisotopic (exact) mass is 340 g/mol. The van der Waals surface area contributed by atoms with Crippen LogP contribution in [0.2, 0.25) is 0 Å². The number of benzene rings is 2. The van der Waals surface area contributed by atoms with Gasteiger partial charge in [0.25, 0.3) is 5.91 Å². The molecule has 0 spiro atoms. The molecule has 0 atom stereocenters. The Kier molecular flexibility index (Phi) is 4.52. The van der Waals surface area contributed by atoms with Crippen molar-refractivity contribution in [2.75, 3.05) is 19.4 Å². The van der Waals surface area contributed by atoms with Crippen molar-refractivity contribution in [3.8, 4) is 0 Å². The molecule has 0 aliphatic heterocycles. The van der Waals surface area contributed by atoms with Crippen LogP contribution in [0.25, 0.3) is 11.0 Å². The molecule has 0 fully saturated rings. The summed E-state index contributed by atoms with van der Waals surface area (Å²) in [6.07, 6.45) is 0.342. The molecule has 0 aliphatic carbocycles. The quantitative estimate of drug-likeness (QED) is 0.792. The van der Waals surface area contributed by atoms with E-state index < -0.39 is 0 Å². The van der Waals surface area contributed by atoms with Crippen LogP contribution in [-0.4, -0.2) is 39.6 Å².